The lowest BCUT2D eigenvalue weighted by atomic mass is 10.3. The van der Waals surface area contributed by atoms with Gasteiger partial charge >= 0.3 is 0 Å². The molecule has 1 aromatic heterocycles. The standard InChI is InChI=1S/C14H18FN3S/c1-3-16-8-14-17-12(10-19-14)9-18(2)13-6-4-5-11(15)7-13/h4-7,10,16H,3,8-9H2,1-2H3. The number of halogens is 1. The van der Waals surface area contributed by atoms with Crippen LogP contribution in [0.15, 0.2) is 29.6 Å². The number of aromatic nitrogens is 1. The summed E-state index contributed by atoms with van der Waals surface area (Å²) >= 11 is 1.66. The van der Waals surface area contributed by atoms with Gasteiger partial charge in [-0.1, -0.05) is 13.0 Å². The van der Waals surface area contributed by atoms with Gasteiger partial charge in [0.05, 0.1) is 12.2 Å². The normalized spacial score (nSPS) is 10.7. The van der Waals surface area contributed by atoms with Crippen LogP contribution in [0.1, 0.15) is 17.6 Å². The second-order valence-corrected chi connectivity index (χ2v) is 5.29. The molecule has 0 aliphatic heterocycles. The molecule has 0 spiro atoms. The van der Waals surface area contributed by atoms with E-state index in [1.54, 1.807) is 17.4 Å². The number of thiazole rings is 1. The van der Waals surface area contributed by atoms with Crippen LogP contribution in [0, 0.1) is 5.82 Å². The predicted molar refractivity (Wildman–Crippen MR) is 78.0 cm³/mol. The quantitative estimate of drug-likeness (QED) is 0.881. The van der Waals surface area contributed by atoms with Crippen molar-refractivity contribution in [2.75, 3.05) is 18.5 Å². The lowest BCUT2D eigenvalue weighted by Crippen LogP contribution is -2.17. The maximum atomic E-state index is 13.2. The van der Waals surface area contributed by atoms with Crippen LogP contribution < -0.4 is 10.2 Å². The Hall–Kier alpha value is -1.46. The van der Waals surface area contributed by atoms with E-state index in [2.05, 4.69) is 22.6 Å². The molecule has 102 valence electrons. The van der Waals surface area contributed by atoms with Gasteiger partial charge in [-0.2, -0.15) is 0 Å². The molecule has 19 heavy (non-hydrogen) atoms. The molecule has 3 nitrogen and oxygen atoms in total. The molecule has 0 radical (unpaired) electrons. The maximum absolute atomic E-state index is 13.2. The van der Waals surface area contributed by atoms with Gasteiger partial charge in [-0.25, -0.2) is 9.37 Å². The molecule has 0 fully saturated rings. The van der Waals surface area contributed by atoms with Gasteiger partial charge in [-0.15, -0.1) is 11.3 Å². The molecular formula is C14H18FN3S. The summed E-state index contributed by atoms with van der Waals surface area (Å²) in [6, 6.07) is 6.61. The van der Waals surface area contributed by atoms with Gasteiger partial charge in [-0.3, -0.25) is 0 Å². The first-order chi connectivity index (χ1) is 9.19. The van der Waals surface area contributed by atoms with Gasteiger partial charge in [0.1, 0.15) is 10.8 Å². The SMILES string of the molecule is CCNCc1nc(CN(C)c2cccc(F)c2)cs1. The molecule has 1 aromatic carbocycles. The van der Waals surface area contributed by atoms with Crippen molar-refractivity contribution < 1.29 is 4.39 Å². The fraction of sp³-hybridized carbons (Fsp3) is 0.357. The minimum atomic E-state index is -0.213. The van der Waals surface area contributed by atoms with Crippen molar-refractivity contribution in [2.45, 2.75) is 20.0 Å². The summed E-state index contributed by atoms with van der Waals surface area (Å²) in [4.78, 5) is 6.55. The Morgan fingerprint density at radius 3 is 3.00 bits per heavy atom. The fourth-order valence-corrected chi connectivity index (χ4v) is 2.54. The van der Waals surface area contributed by atoms with Crippen molar-refractivity contribution in [3.05, 3.63) is 46.2 Å². The monoisotopic (exact) mass is 279 g/mol. The first-order valence-corrected chi connectivity index (χ1v) is 7.17. The smallest absolute Gasteiger partial charge is 0.125 e. The van der Waals surface area contributed by atoms with Gasteiger partial charge < -0.3 is 10.2 Å². The lowest BCUT2D eigenvalue weighted by molar-refractivity contribution is 0.627. The molecule has 0 amide bonds. The van der Waals surface area contributed by atoms with Crippen molar-refractivity contribution in [2.24, 2.45) is 0 Å². The molecule has 0 saturated carbocycles. The number of hydrogen-bond donors (Lipinski definition) is 1. The van der Waals surface area contributed by atoms with E-state index in [9.17, 15) is 4.39 Å². The number of benzene rings is 1. The highest BCUT2D eigenvalue weighted by molar-refractivity contribution is 7.09. The van der Waals surface area contributed by atoms with Crippen LogP contribution in [0.2, 0.25) is 0 Å². The molecule has 0 aliphatic rings. The number of nitrogens with zero attached hydrogens (tertiary/aromatic N) is 2. The highest BCUT2D eigenvalue weighted by Crippen LogP contribution is 2.17. The third-order valence-electron chi connectivity index (χ3n) is 2.77. The Morgan fingerprint density at radius 1 is 1.42 bits per heavy atom. The molecule has 0 bridgehead atoms. The van der Waals surface area contributed by atoms with Crippen LogP contribution >= 0.6 is 11.3 Å². The summed E-state index contributed by atoms with van der Waals surface area (Å²) in [5.41, 5.74) is 1.88. The van der Waals surface area contributed by atoms with E-state index in [0.29, 0.717) is 6.54 Å². The largest absolute Gasteiger partial charge is 0.369 e. The highest BCUT2D eigenvalue weighted by atomic mass is 32.1. The van der Waals surface area contributed by atoms with Crippen molar-refractivity contribution in [1.82, 2.24) is 10.3 Å². The highest BCUT2D eigenvalue weighted by Gasteiger charge is 2.06. The molecule has 5 heteroatoms. The van der Waals surface area contributed by atoms with E-state index >= 15 is 0 Å². The number of nitrogens with one attached hydrogen (secondary N) is 1. The Morgan fingerprint density at radius 2 is 2.26 bits per heavy atom. The molecule has 0 atom stereocenters. The Bertz CT molecular complexity index is 527. The minimum Gasteiger partial charge on any atom is -0.369 e. The lowest BCUT2D eigenvalue weighted by Gasteiger charge is -2.17. The zero-order valence-corrected chi connectivity index (χ0v) is 12.0. The number of rotatable bonds is 6. The van der Waals surface area contributed by atoms with Crippen molar-refractivity contribution in [3.8, 4) is 0 Å². The summed E-state index contributed by atoms with van der Waals surface area (Å²) in [7, 11) is 1.94. The number of anilines is 1. The number of hydrogen-bond acceptors (Lipinski definition) is 4. The van der Waals surface area contributed by atoms with Crippen LogP contribution in [0.4, 0.5) is 10.1 Å². The van der Waals surface area contributed by atoms with Crippen LogP contribution in [0.5, 0.6) is 0 Å². The second kappa shape index (κ2) is 6.63. The van der Waals surface area contributed by atoms with E-state index < -0.39 is 0 Å². The zero-order valence-electron chi connectivity index (χ0n) is 11.2. The van der Waals surface area contributed by atoms with E-state index in [1.165, 1.54) is 12.1 Å². The third-order valence-corrected chi connectivity index (χ3v) is 3.67. The van der Waals surface area contributed by atoms with E-state index in [-0.39, 0.29) is 5.82 Å². The molecule has 2 aromatic rings. The Kier molecular flexibility index (Phi) is 4.87. The topological polar surface area (TPSA) is 28.2 Å². The summed E-state index contributed by atoms with van der Waals surface area (Å²) < 4.78 is 13.2. The van der Waals surface area contributed by atoms with Gasteiger partial charge in [0, 0.05) is 24.7 Å². The molecular weight excluding hydrogens is 261 g/mol. The van der Waals surface area contributed by atoms with Crippen LogP contribution in [-0.4, -0.2) is 18.6 Å². The van der Waals surface area contributed by atoms with Gasteiger partial charge in [-0.05, 0) is 24.7 Å². The summed E-state index contributed by atoms with van der Waals surface area (Å²) in [6.07, 6.45) is 0. The zero-order chi connectivity index (χ0) is 13.7. The average molecular weight is 279 g/mol. The summed E-state index contributed by atoms with van der Waals surface area (Å²) in [5.74, 6) is -0.213. The van der Waals surface area contributed by atoms with Crippen molar-refractivity contribution in [1.29, 1.82) is 0 Å². The van der Waals surface area contributed by atoms with Gasteiger partial charge in [0.2, 0.25) is 0 Å². The molecule has 1 heterocycles. The summed E-state index contributed by atoms with van der Waals surface area (Å²) in [6.45, 7) is 4.52. The van der Waals surface area contributed by atoms with E-state index in [0.717, 1.165) is 29.5 Å². The summed E-state index contributed by atoms with van der Waals surface area (Å²) in [5, 5.41) is 6.40. The van der Waals surface area contributed by atoms with Crippen molar-refractivity contribution >= 4 is 17.0 Å². The van der Waals surface area contributed by atoms with E-state index in [4.69, 9.17) is 0 Å². The predicted octanol–water partition coefficient (Wildman–Crippen LogP) is 3.03. The first kappa shape index (κ1) is 14.0. The molecule has 0 aliphatic carbocycles. The van der Waals surface area contributed by atoms with Gasteiger partial charge in [0.15, 0.2) is 0 Å². The molecule has 0 saturated heterocycles. The van der Waals surface area contributed by atoms with Crippen LogP contribution in [-0.2, 0) is 13.1 Å². The van der Waals surface area contributed by atoms with E-state index in [1.807, 2.05) is 18.0 Å². The Labute approximate surface area is 117 Å². The fourth-order valence-electron chi connectivity index (χ4n) is 1.78. The molecule has 0 unspecified atom stereocenters. The third kappa shape index (κ3) is 4.01. The van der Waals surface area contributed by atoms with Crippen LogP contribution in [0.25, 0.3) is 0 Å². The van der Waals surface area contributed by atoms with Crippen LogP contribution in [0.3, 0.4) is 0 Å². The maximum Gasteiger partial charge on any atom is 0.125 e. The Balaban J connectivity index is 1.98. The average Bonchev–Trinajstić information content (AvgIpc) is 2.84. The second-order valence-electron chi connectivity index (χ2n) is 4.35. The molecule has 1 N–H and O–H groups in total. The molecule has 2 rings (SSSR count). The first-order valence-electron chi connectivity index (χ1n) is 6.29. The van der Waals surface area contributed by atoms with Gasteiger partial charge in [0.25, 0.3) is 0 Å². The minimum absolute atomic E-state index is 0.213. The van der Waals surface area contributed by atoms with Crippen molar-refractivity contribution in [3.63, 3.8) is 0 Å².